The first kappa shape index (κ1) is 15.2. The van der Waals surface area contributed by atoms with Gasteiger partial charge in [-0.25, -0.2) is 4.79 Å². The molecule has 0 amide bonds. The fraction of sp³-hybridized carbons (Fsp3) is 0.267. The van der Waals surface area contributed by atoms with Crippen molar-refractivity contribution in [2.45, 2.75) is 20.8 Å². The number of hydrogen-bond donors (Lipinski definition) is 0. The number of hydrogen-bond acceptors (Lipinski definition) is 2. The smallest absolute Gasteiger partial charge is 0.332 e. The largest absolute Gasteiger partial charge is 0.466 e. The SMILES string of the molecule is C=C(C)C(=O)OC.C=C(C)c1ccc(C)cc1. The van der Waals surface area contributed by atoms with Crippen LogP contribution in [0.1, 0.15) is 25.0 Å². The second-order valence-electron chi connectivity index (χ2n) is 3.92. The van der Waals surface area contributed by atoms with Gasteiger partial charge >= 0.3 is 5.97 Å². The minimum Gasteiger partial charge on any atom is -0.466 e. The number of carbonyl (C=O) groups excluding carboxylic acids is 1. The molecule has 0 aromatic heterocycles. The highest BCUT2D eigenvalue weighted by Crippen LogP contribution is 2.11. The van der Waals surface area contributed by atoms with Gasteiger partial charge in [-0.2, -0.15) is 0 Å². The second-order valence-corrected chi connectivity index (χ2v) is 3.92. The normalized spacial score (nSPS) is 8.71. The molecular weight excluding hydrogens is 212 g/mol. The van der Waals surface area contributed by atoms with Crippen LogP contribution in [-0.4, -0.2) is 13.1 Å². The standard InChI is InChI=1S/C10H12.C5H8O2/c1-8(2)10-6-4-9(3)5-7-10;1-4(2)5(6)7-3/h4-7H,1H2,2-3H3;1H2,2-3H3. The third-order valence-electron chi connectivity index (χ3n) is 2.08. The molecule has 0 aliphatic rings. The number of rotatable bonds is 2. The Morgan fingerprint density at radius 1 is 1.12 bits per heavy atom. The number of carbonyl (C=O) groups is 1. The van der Waals surface area contributed by atoms with Gasteiger partial charge in [0, 0.05) is 5.57 Å². The van der Waals surface area contributed by atoms with E-state index in [1.54, 1.807) is 6.92 Å². The first-order valence-electron chi connectivity index (χ1n) is 5.34. The quantitative estimate of drug-likeness (QED) is 0.573. The summed E-state index contributed by atoms with van der Waals surface area (Å²) < 4.78 is 4.27. The van der Waals surface area contributed by atoms with Gasteiger partial charge in [-0.15, -0.1) is 0 Å². The highest BCUT2D eigenvalue weighted by molar-refractivity contribution is 5.86. The van der Waals surface area contributed by atoms with Crippen LogP contribution in [0.2, 0.25) is 0 Å². The van der Waals surface area contributed by atoms with E-state index in [0.717, 1.165) is 5.57 Å². The summed E-state index contributed by atoms with van der Waals surface area (Å²) in [6.45, 7) is 12.9. The van der Waals surface area contributed by atoms with E-state index in [1.807, 2.05) is 6.92 Å². The maximum atomic E-state index is 10.2. The van der Waals surface area contributed by atoms with Gasteiger partial charge in [0.05, 0.1) is 7.11 Å². The van der Waals surface area contributed by atoms with Crippen molar-refractivity contribution in [3.05, 3.63) is 54.1 Å². The Labute approximate surface area is 104 Å². The zero-order chi connectivity index (χ0) is 13.4. The van der Waals surface area contributed by atoms with Crippen molar-refractivity contribution in [1.82, 2.24) is 0 Å². The maximum Gasteiger partial charge on any atom is 0.332 e. The molecule has 0 saturated heterocycles. The van der Waals surface area contributed by atoms with E-state index >= 15 is 0 Å². The average Bonchev–Trinajstić information content (AvgIpc) is 2.29. The molecule has 92 valence electrons. The molecule has 0 spiro atoms. The lowest BCUT2D eigenvalue weighted by molar-refractivity contribution is -0.136. The van der Waals surface area contributed by atoms with Crippen LogP contribution in [0.25, 0.3) is 5.57 Å². The Kier molecular flexibility index (Phi) is 6.64. The van der Waals surface area contributed by atoms with Gasteiger partial charge in [-0.3, -0.25) is 0 Å². The van der Waals surface area contributed by atoms with Crippen molar-refractivity contribution < 1.29 is 9.53 Å². The van der Waals surface area contributed by atoms with Crippen molar-refractivity contribution in [1.29, 1.82) is 0 Å². The van der Waals surface area contributed by atoms with Crippen LogP contribution in [0.15, 0.2) is 43.0 Å². The summed E-state index contributed by atoms with van der Waals surface area (Å²) >= 11 is 0. The fourth-order valence-electron chi connectivity index (χ4n) is 1.01. The molecule has 0 unspecified atom stereocenters. The molecule has 0 fully saturated rings. The molecule has 0 N–H and O–H groups in total. The van der Waals surface area contributed by atoms with E-state index in [2.05, 4.69) is 49.1 Å². The molecule has 0 saturated carbocycles. The molecular formula is C15H20O2. The first-order chi connectivity index (χ1) is 7.88. The summed E-state index contributed by atoms with van der Waals surface area (Å²) in [5.41, 5.74) is 4.08. The zero-order valence-corrected chi connectivity index (χ0v) is 11.0. The van der Waals surface area contributed by atoms with Crippen LogP contribution < -0.4 is 0 Å². The van der Waals surface area contributed by atoms with Crippen LogP contribution in [0.3, 0.4) is 0 Å². The third kappa shape index (κ3) is 6.36. The predicted molar refractivity (Wildman–Crippen MR) is 72.7 cm³/mol. The third-order valence-corrected chi connectivity index (χ3v) is 2.08. The number of methoxy groups -OCH3 is 1. The Bertz CT molecular complexity index is 399. The zero-order valence-electron chi connectivity index (χ0n) is 11.0. The summed E-state index contributed by atoms with van der Waals surface area (Å²) in [5, 5.41) is 0. The summed E-state index contributed by atoms with van der Waals surface area (Å²) in [4.78, 5) is 10.2. The Morgan fingerprint density at radius 3 is 1.82 bits per heavy atom. The number of ether oxygens (including phenoxy) is 1. The molecule has 1 aromatic carbocycles. The molecule has 1 aromatic rings. The lowest BCUT2D eigenvalue weighted by Crippen LogP contribution is -1.98. The Hall–Kier alpha value is -1.83. The van der Waals surface area contributed by atoms with E-state index in [0.29, 0.717) is 5.57 Å². The summed E-state index contributed by atoms with van der Waals surface area (Å²) in [6.07, 6.45) is 0. The number of esters is 1. The van der Waals surface area contributed by atoms with E-state index < -0.39 is 0 Å². The van der Waals surface area contributed by atoms with Crippen molar-refractivity contribution in [3.8, 4) is 0 Å². The van der Waals surface area contributed by atoms with Gasteiger partial charge in [0.2, 0.25) is 0 Å². The van der Waals surface area contributed by atoms with Gasteiger partial charge < -0.3 is 4.74 Å². The second kappa shape index (κ2) is 7.44. The molecule has 0 bridgehead atoms. The minimum absolute atomic E-state index is 0.347. The first-order valence-corrected chi connectivity index (χ1v) is 5.34. The van der Waals surface area contributed by atoms with Crippen LogP contribution in [-0.2, 0) is 9.53 Å². The minimum atomic E-state index is -0.347. The molecule has 17 heavy (non-hydrogen) atoms. The molecule has 2 nitrogen and oxygen atoms in total. The molecule has 0 radical (unpaired) electrons. The van der Waals surface area contributed by atoms with Crippen molar-refractivity contribution in [2.24, 2.45) is 0 Å². The highest BCUT2D eigenvalue weighted by atomic mass is 16.5. The van der Waals surface area contributed by atoms with Crippen LogP contribution in [0.5, 0.6) is 0 Å². The molecule has 1 rings (SSSR count). The lowest BCUT2D eigenvalue weighted by Gasteiger charge is -1.98. The number of aryl methyl sites for hydroxylation is 1. The van der Waals surface area contributed by atoms with E-state index in [9.17, 15) is 4.79 Å². The van der Waals surface area contributed by atoms with Gasteiger partial charge in [0.1, 0.15) is 0 Å². The monoisotopic (exact) mass is 232 g/mol. The lowest BCUT2D eigenvalue weighted by atomic mass is 10.1. The van der Waals surface area contributed by atoms with Crippen LogP contribution in [0.4, 0.5) is 0 Å². The molecule has 2 heteroatoms. The van der Waals surface area contributed by atoms with Crippen molar-refractivity contribution >= 4 is 11.5 Å². The summed E-state index contributed by atoms with van der Waals surface area (Å²) in [6, 6.07) is 8.39. The average molecular weight is 232 g/mol. The fourth-order valence-corrected chi connectivity index (χ4v) is 1.01. The van der Waals surface area contributed by atoms with Gasteiger partial charge in [0.15, 0.2) is 0 Å². The number of allylic oxidation sites excluding steroid dienone is 1. The predicted octanol–water partition coefficient (Wildman–Crippen LogP) is 3.76. The number of benzene rings is 1. The Morgan fingerprint density at radius 2 is 1.59 bits per heavy atom. The summed E-state index contributed by atoms with van der Waals surface area (Å²) in [7, 11) is 1.33. The molecule has 0 aliphatic carbocycles. The molecule has 0 heterocycles. The van der Waals surface area contributed by atoms with Gasteiger partial charge in [-0.1, -0.05) is 48.6 Å². The van der Waals surface area contributed by atoms with E-state index in [4.69, 9.17) is 0 Å². The van der Waals surface area contributed by atoms with E-state index in [-0.39, 0.29) is 5.97 Å². The van der Waals surface area contributed by atoms with Crippen molar-refractivity contribution in [3.63, 3.8) is 0 Å². The van der Waals surface area contributed by atoms with Crippen LogP contribution >= 0.6 is 0 Å². The highest BCUT2D eigenvalue weighted by Gasteiger charge is 1.95. The molecule has 0 aliphatic heterocycles. The Balaban J connectivity index is 0.000000325. The van der Waals surface area contributed by atoms with Gasteiger partial charge in [-0.05, 0) is 26.3 Å². The van der Waals surface area contributed by atoms with E-state index in [1.165, 1.54) is 18.2 Å². The van der Waals surface area contributed by atoms with Crippen LogP contribution in [0, 0.1) is 6.92 Å². The molecule has 0 atom stereocenters. The van der Waals surface area contributed by atoms with Gasteiger partial charge in [0.25, 0.3) is 0 Å². The van der Waals surface area contributed by atoms with Crippen molar-refractivity contribution in [2.75, 3.05) is 7.11 Å². The topological polar surface area (TPSA) is 26.3 Å². The maximum absolute atomic E-state index is 10.2. The summed E-state index contributed by atoms with van der Waals surface area (Å²) in [5.74, 6) is -0.347.